The molecule has 1 aliphatic heterocycles. The van der Waals surface area contributed by atoms with Gasteiger partial charge in [0.1, 0.15) is 12.3 Å². The number of halogens is 2. The number of ketones is 1. The number of likely N-dealkylation sites (tertiary alicyclic amines) is 1. The zero-order valence-electron chi connectivity index (χ0n) is 14.5. The Morgan fingerprint density at radius 3 is 2.54 bits per heavy atom. The number of benzene rings is 2. The Morgan fingerprint density at radius 1 is 1.04 bits per heavy atom. The van der Waals surface area contributed by atoms with E-state index < -0.39 is 11.6 Å². The van der Waals surface area contributed by atoms with Crippen LogP contribution >= 0.6 is 0 Å². The summed E-state index contributed by atoms with van der Waals surface area (Å²) in [6.07, 6.45) is 6.41. The summed E-state index contributed by atoms with van der Waals surface area (Å²) in [5.41, 5.74) is 1.64. The number of phenols is 1. The second-order valence-corrected chi connectivity index (χ2v) is 6.70. The van der Waals surface area contributed by atoms with Crippen molar-refractivity contribution < 1.29 is 23.6 Å². The van der Waals surface area contributed by atoms with E-state index in [9.17, 15) is 18.7 Å². The van der Waals surface area contributed by atoms with Crippen molar-refractivity contribution in [1.29, 1.82) is 0 Å². The van der Waals surface area contributed by atoms with Crippen LogP contribution < -0.4 is 4.90 Å². The molecule has 2 aromatic carbocycles. The fourth-order valence-corrected chi connectivity index (χ4v) is 3.26. The van der Waals surface area contributed by atoms with E-state index in [4.69, 9.17) is 0 Å². The Hall–Kier alpha value is -2.53. The van der Waals surface area contributed by atoms with Crippen molar-refractivity contribution in [3.8, 4) is 5.75 Å². The number of quaternary nitrogens is 1. The van der Waals surface area contributed by atoms with Gasteiger partial charge in [-0.25, -0.2) is 8.78 Å². The van der Waals surface area contributed by atoms with Crippen LogP contribution in [-0.2, 0) is 6.54 Å². The first-order valence-corrected chi connectivity index (χ1v) is 8.86. The number of nitrogens with one attached hydrogen (secondary N) is 1. The minimum absolute atomic E-state index is 0.198. The van der Waals surface area contributed by atoms with Crippen LogP contribution in [0.3, 0.4) is 0 Å². The molecule has 1 saturated heterocycles. The number of piperidine rings is 1. The summed E-state index contributed by atoms with van der Waals surface area (Å²) >= 11 is 0. The fraction of sp³-hybridized carbons (Fsp3) is 0.286. The second-order valence-electron chi connectivity index (χ2n) is 6.70. The molecule has 5 heteroatoms. The molecule has 1 fully saturated rings. The Balaban J connectivity index is 1.73. The van der Waals surface area contributed by atoms with Crippen LogP contribution in [0.15, 0.2) is 42.5 Å². The number of carbonyl (C=O) groups is 1. The lowest BCUT2D eigenvalue weighted by Crippen LogP contribution is -3.11. The molecule has 136 valence electrons. The van der Waals surface area contributed by atoms with Crippen molar-refractivity contribution in [3.05, 3.63) is 70.8 Å². The maximum atomic E-state index is 13.2. The summed E-state index contributed by atoms with van der Waals surface area (Å²) in [5.74, 6) is -1.92. The lowest BCUT2D eigenvalue weighted by atomic mass is 10.0. The summed E-state index contributed by atoms with van der Waals surface area (Å²) in [6.45, 7) is 2.85. The lowest BCUT2D eigenvalue weighted by molar-refractivity contribution is -0.918. The van der Waals surface area contributed by atoms with Gasteiger partial charge in [0.25, 0.3) is 0 Å². The summed E-state index contributed by atoms with van der Waals surface area (Å²) in [4.78, 5) is 13.8. The maximum absolute atomic E-state index is 13.2. The van der Waals surface area contributed by atoms with Crippen LogP contribution in [0.4, 0.5) is 8.78 Å². The molecule has 26 heavy (non-hydrogen) atoms. The molecule has 0 amide bonds. The van der Waals surface area contributed by atoms with Crippen LogP contribution in [0.2, 0.25) is 0 Å². The summed E-state index contributed by atoms with van der Waals surface area (Å²) in [5, 5.41) is 10.1. The summed E-state index contributed by atoms with van der Waals surface area (Å²) in [7, 11) is 0. The highest BCUT2D eigenvalue weighted by molar-refractivity contribution is 6.07. The van der Waals surface area contributed by atoms with E-state index in [1.54, 1.807) is 12.1 Å². The van der Waals surface area contributed by atoms with Gasteiger partial charge in [0.15, 0.2) is 17.4 Å². The van der Waals surface area contributed by atoms with E-state index in [1.807, 2.05) is 0 Å². The van der Waals surface area contributed by atoms with Gasteiger partial charge in [-0.2, -0.15) is 0 Å². The molecule has 1 aliphatic rings. The van der Waals surface area contributed by atoms with Gasteiger partial charge in [0.05, 0.1) is 13.1 Å². The van der Waals surface area contributed by atoms with Gasteiger partial charge in [-0.3, -0.25) is 4.79 Å². The standard InChI is InChI=1S/C21H21F2NO2/c22-18-7-4-15(12-19(18)23)5-8-20(25)16-6-9-21(26)17(13-16)14-24-10-2-1-3-11-24/h4-9,12-13,26H,1-3,10-11,14H2/p+1/b8-5+. The number of allylic oxidation sites excluding steroid dienone is 1. The van der Waals surface area contributed by atoms with E-state index in [0.29, 0.717) is 17.7 Å². The molecular formula is C21H22F2NO2+. The van der Waals surface area contributed by atoms with Crippen LogP contribution in [-0.4, -0.2) is 24.0 Å². The molecule has 0 atom stereocenters. The topological polar surface area (TPSA) is 41.7 Å². The van der Waals surface area contributed by atoms with E-state index in [0.717, 1.165) is 30.8 Å². The first kappa shape index (κ1) is 18.3. The number of aromatic hydroxyl groups is 1. The molecule has 0 unspecified atom stereocenters. The fourth-order valence-electron chi connectivity index (χ4n) is 3.26. The minimum Gasteiger partial charge on any atom is -0.507 e. The molecule has 1 heterocycles. The third-order valence-electron chi connectivity index (χ3n) is 4.74. The molecule has 0 aliphatic carbocycles. The lowest BCUT2D eigenvalue weighted by Gasteiger charge is -2.23. The van der Waals surface area contributed by atoms with Crippen molar-refractivity contribution in [3.63, 3.8) is 0 Å². The van der Waals surface area contributed by atoms with Crippen molar-refractivity contribution >= 4 is 11.9 Å². The minimum atomic E-state index is -0.948. The molecule has 3 nitrogen and oxygen atoms in total. The monoisotopic (exact) mass is 358 g/mol. The average Bonchev–Trinajstić information content (AvgIpc) is 2.65. The Bertz CT molecular complexity index is 827. The first-order valence-electron chi connectivity index (χ1n) is 8.86. The highest BCUT2D eigenvalue weighted by atomic mass is 19.2. The maximum Gasteiger partial charge on any atom is 0.185 e. The number of hydrogen-bond acceptors (Lipinski definition) is 2. The SMILES string of the molecule is O=C(/C=C/c1ccc(F)c(F)c1)c1ccc(O)c(C[NH+]2CCCCC2)c1. The predicted octanol–water partition coefficient (Wildman–Crippen LogP) is 3.14. The van der Waals surface area contributed by atoms with E-state index in [1.165, 1.54) is 48.4 Å². The zero-order valence-corrected chi connectivity index (χ0v) is 14.5. The average molecular weight is 358 g/mol. The smallest absolute Gasteiger partial charge is 0.185 e. The van der Waals surface area contributed by atoms with Gasteiger partial charge in [0, 0.05) is 11.1 Å². The third kappa shape index (κ3) is 4.55. The second kappa shape index (κ2) is 8.23. The van der Waals surface area contributed by atoms with Gasteiger partial charge < -0.3 is 10.0 Å². The Morgan fingerprint density at radius 2 is 1.81 bits per heavy atom. The van der Waals surface area contributed by atoms with Crippen LogP contribution in [0, 0.1) is 11.6 Å². The Labute approximate surface area is 151 Å². The molecular weight excluding hydrogens is 336 g/mol. The van der Waals surface area contributed by atoms with Gasteiger partial charge in [-0.1, -0.05) is 12.1 Å². The summed E-state index contributed by atoms with van der Waals surface area (Å²) in [6, 6.07) is 8.30. The van der Waals surface area contributed by atoms with E-state index in [-0.39, 0.29) is 11.5 Å². The van der Waals surface area contributed by atoms with Crippen LogP contribution in [0.5, 0.6) is 5.75 Å². The van der Waals surface area contributed by atoms with E-state index >= 15 is 0 Å². The van der Waals surface area contributed by atoms with Crippen molar-refractivity contribution in [1.82, 2.24) is 0 Å². The molecule has 0 radical (unpaired) electrons. The van der Waals surface area contributed by atoms with E-state index in [2.05, 4.69) is 0 Å². The molecule has 0 spiro atoms. The van der Waals surface area contributed by atoms with Gasteiger partial charge >= 0.3 is 0 Å². The highest BCUT2D eigenvalue weighted by Gasteiger charge is 2.17. The van der Waals surface area contributed by atoms with Gasteiger partial charge in [0.2, 0.25) is 0 Å². The Kier molecular flexibility index (Phi) is 5.78. The first-order chi connectivity index (χ1) is 12.5. The van der Waals surface area contributed by atoms with Crippen molar-refractivity contribution in [2.75, 3.05) is 13.1 Å². The molecule has 0 aromatic heterocycles. The highest BCUT2D eigenvalue weighted by Crippen LogP contribution is 2.19. The molecule has 2 N–H and O–H groups in total. The van der Waals surface area contributed by atoms with Crippen LogP contribution in [0.25, 0.3) is 6.08 Å². The zero-order chi connectivity index (χ0) is 18.5. The third-order valence-corrected chi connectivity index (χ3v) is 4.74. The van der Waals surface area contributed by atoms with Gasteiger partial charge in [-0.15, -0.1) is 0 Å². The van der Waals surface area contributed by atoms with Gasteiger partial charge in [-0.05, 0) is 61.2 Å². The number of carbonyl (C=O) groups excluding carboxylic acids is 1. The molecule has 3 rings (SSSR count). The van der Waals surface area contributed by atoms with Crippen molar-refractivity contribution in [2.24, 2.45) is 0 Å². The largest absolute Gasteiger partial charge is 0.507 e. The normalized spacial score (nSPS) is 15.5. The number of hydrogen-bond donors (Lipinski definition) is 2. The van der Waals surface area contributed by atoms with Crippen LogP contribution in [0.1, 0.15) is 40.7 Å². The van der Waals surface area contributed by atoms with Crippen molar-refractivity contribution in [2.45, 2.75) is 25.8 Å². The predicted molar refractivity (Wildman–Crippen MR) is 96.1 cm³/mol. The number of phenolic OH excluding ortho intramolecular Hbond substituents is 1. The number of rotatable bonds is 5. The quantitative estimate of drug-likeness (QED) is 0.637. The molecule has 0 bridgehead atoms. The molecule has 0 saturated carbocycles. The summed E-state index contributed by atoms with van der Waals surface area (Å²) < 4.78 is 26.2. The molecule has 2 aromatic rings.